The van der Waals surface area contributed by atoms with Gasteiger partial charge in [0.1, 0.15) is 0 Å². The van der Waals surface area contributed by atoms with Gasteiger partial charge in [0.05, 0.1) is 5.54 Å². The summed E-state index contributed by atoms with van der Waals surface area (Å²) in [5, 5.41) is 0. The number of carbonyl (C=O) groups excluding carboxylic acids is 1. The molecule has 0 aliphatic heterocycles. The van der Waals surface area contributed by atoms with Crippen molar-refractivity contribution >= 4 is 5.78 Å². The second-order valence-corrected chi connectivity index (χ2v) is 5.32. The van der Waals surface area contributed by atoms with Crippen LogP contribution in [0.5, 0.6) is 0 Å². The van der Waals surface area contributed by atoms with Gasteiger partial charge in [-0.05, 0) is 37.9 Å². The van der Waals surface area contributed by atoms with Crippen molar-refractivity contribution in [2.75, 3.05) is 13.1 Å². The van der Waals surface area contributed by atoms with Gasteiger partial charge >= 0.3 is 0 Å². The van der Waals surface area contributed by atoms with E-state index in [0.717, 1.165) is 32.4 Å². The molecule has 2 heteroatoms. The molecule has 0 amide bonds. The van der Waals surface area contributed by atoms with Crippen LogP contribution in [0.1, 0.15) is 52.5 Å². The fourth-order valence-corrected chi connectivity index (χ4v) is 3.23. The molecule has 0 saturated carbocycles. The highest BCUT2D eigenvalue weighted by Gasteiger charge is 2.38. The molecule has 0 aliphatic carbocycles. The van der Waals surface area contributed by atoms with Crippen molar-refractivity contribution in [3.63, 3.8) is 0 Å². The Hall–Kier alpha value is -1.15. The minimum Gasteiger partial charge on any atom is -0.298 e. The molecule has 0 saturated heterocycles. The van der Waals surface area contributed by atoms with Gasteiger partial charge in [-0.2, -0.15) is 0 Å². The average Bonchev–Trinajstić information content (AvgIpc) is 2.51. The molecule has 0 aliphatic rings. The number of ketones is 1. The van der Waals surface area contributed by atoms with Gasteiger partial charge in [0.15, 0.2) is 5.78 Å². The molecule has 0 fully saturated rings. The van der Waals surface area contributed by atoms with Crippen molar-refractivity contribution in [3.8, 4) is 0 Å². The van der Waals surface area contributed by atoms with Gasteiger partial charge in [0.25, 0.3) is 0 Å². The summed E-state index contributed by atoms with van der Waals surface area (Å²) >= 11 is 0. The molecule has 0 bridgehead atoms. The van der Waals surface area contributed by atoms with Crippen LogP contribution in [-0.4, -0.2) is 29.3 Å². The summed E-state index contributed by atoms with van der Waals surface area (Å²) < 4.78 is 0. The molecule has 0 radical (unpaired) electrons. The van der Waals surface area contributed by atoms with E-state index in [2.05, 4.69) is 44.7 Å². The second-order valence-electron chi connectivity index (χ2n) is 5.32. The average molecular weight is 275 g/mol. The third-order valence-electron chi connectivity index (χ3n) is 4.54. The zero-order valence-electron chi connectivity index (χ0n) is 13.5. The van der Waals surface area contributed by atoms with E-state index < -0.39 is 0 Å². The number of hydrogen-bond acceptors (Lipinski definition) is 2. The van der Waals surface area contributed by atoms with E-state index >= 15 is 0 Å². The van der Waals surface area contributed by atoms with Crippen LogP contribution in [0.4, 0.5) is 0 Å². The van der Waals surface area contributed by atoms with E-state index in [9.17, 15) is 4.79 Å². The maximum Gasteiger partial charge on any atom is 0.153 e. The zero-order valence-corrected chi connectivity index (χ0v) is 13.5. The van der Waals surface area contributed by atoms with E-state index in [1.807, 2.05) is 18.2 Å². The summed E-state index contributed by atoms with van der Waals surface area (Å²) in [5.74, 6) is 0.398. The van der Waals surface area contributed by atoms with Crippen LogP contribution >= 0.6 is 0 Å². The topological polar surface area (TPSA) is 20.3 Å². The summed E-state index contributed by atoms with van der Waals surface area (Å²) in [7, 11) is 0. The van der Waals surface area contributed by atoms with E-state index in [-0.39, 0.29) is 5.54 Å². The molecule has 0 N–H and O–H groups in total. The lowest BCUT2D eigenvalue weighted by Gasteiger charge is -2.41. The Bertz CT molecular complexity index is 391. The van der Waals surface area contributed by atoms with E-state index in [4.69, 9.17) is 0 Å². The van der Waals surface area contributed by atoms with E-state index in [1.54, 1.807) is 0 Å². The summed E-state index contributed by atoms with van der Waals surface area (Å²) in [6, 6.07) is 10.3. The highest BCUT2D eigenvalue weighted by molar-refractivity contribution is 5.88. The van der Waals surface area contributed by atoms with Crippen LogP contribution < -0.4 is 0 Å². The van der Waals surface area contributed by atoms with Gasteiger partial charge in [0.2, 0.25) is 0 Å². The van der Waals surface area contributed by atoms with Gasteiger partial charge in [0, 0.05) is 6.42 Å². The second kappa shape index (κ2) is 8.21. The lowest BCUT2D eigenvalue weighted by Crippen LogP contribution is -2.53. The Morgan fingerprint density at radius 2 is 1.55 bits per heavy atom. The van der Waals surface area contributed by atoms with Crippen LogP contribution in [0.25, 0.3) is 0 Å². The minimum atomic E-state index is -0.266. The third-order valence-corrected chi connectivity index (χ3v) is 4.54. The number of Topliss-reactive ketones (excluding diaryl/α,β-unsaturated/α-hetero) is 1. The fourth-order valence-electron chi connectivity index (χ4n) is 3.23. The minimum absolute atomic E-state index is 0.266. The largest absolute Gasteiger partial charge is 0.298 e. The van der Waals surface area contributed by atoms with Crippen LogP contribution in [0.3, 0.4) is 0 Å². The highest BCUT2D eigenvalue weighted by atomic mass is 16.1. The van der Waals surface area contributed by atoms with Gasteiger partial charge in [-0.25, -0.2) is 0 Å². The monoisotopic (exact) mass is 275 g/mol. The maximum absolute atomic E-state index is 12.8. The Balaban J connectivity index is 2.79. The van der Waals surface area contributed by atoms with Crippen LogP contribution in [0.2, 0.25) is 0 Å². The predicted octanol–water partition coefficient (Wildman–Crippen LogP) is 4.09. The first-order valence-electron chi connectivity index (χ1n) is 7.96. The Labute approximate surface area is 124 Å². The first kappa shape index (κ1) is 16.9. The Morgan fingerprint density at radius 1 is 1.00 bits per heavy atom. The predicted molar refractivity (Wildman–Crippen MR) is 86.0 cm³/mol. The SMILES string of the molecule is CCN(CC)C(CC)(CC)C(=O)CCc1ccccc1. The van der Waals surface area contributed by atoms with Gasteiger partial charge < -0.3 is 0 Å². The molecule has 2 nitrogen and oxygen atoms in total. The fraction of sp³-hybridized carbons (Fsp3) is 0.611. The summed E-state index contributed by atoms with van der Waals surface area (Å²) in [5.41, 5.74) is 0.986. The molecule has 112 valence electrons. The molecule has 0 spiro atoms. The standard InChI is InChI=1S/C18H29NO/c1-5-18(6-2,19(7-3)8-4)17(20)15-14-16-12-10-9-11-13-16/h9-13H,5-8,14-15H2,1-4H3. The van der Waals surface area contributed by atoms with Gasteiger partial charge in [-0.3, -0.25) is 9.69 Å². The maximum atomic E-state index is 12.8. The smallest absolute Gasteiger partial charge is 0.153 e. The molecule has 0 atom stereocenters. The normalized spacial score (nSPS) is 11.8. The molecule has 0 unspecified atom stereocenters. The van der Waals surface area contributed by atoms with Crippen LogP contribution in [-0.2, 0) is 11.2 Å². The van der Waals surface area contributed by atoms with Crippen molar-refractivity contribution < 1.29 is 4.79 Å². The quantitative estimate of drug-likeness (QED) is 0.676. The summed E-state index contributed by atoms with van der Waals surface area (Å²) in [4.78, 5) is 15.2. The van der Waals surface area contributed by atoms with Crippen molar-refractivity contribution in [3.05, 3.63) is 35.9 Å². The molecular weight excluding hydrogens is 246 g/mol. The number of carbonyl (C=O) groups is 1. The molecule has 1 aromatic carbocycles. The van der Waals surface area contributed by atoms with E-state index in [0.29, 0.717) is 12.2 Å². The number of benzene rings is 1. The number of hydrogen-bond donors (Lipinski definition) is 0. The van der Waals surface area contributed by atoms with Crippen LogP contribution in [0.15, 0.2) is 30.3 Å². The molecule has 0 heterocycles. The third kappa shape index (κ3) is 3.69. The molecular formula is C18H29NO. The van der Waals surface area contributed by atoms with Crippen molar-refractivity contribution in [1.82, 2.24) is 4.90 Å². The van der Waals surface area contributed by atoms with Crippen molar-refractivity contribution in [2.45, 2.75) is 58.9 Å². The number of aryl methyl sites for hydroxylation is 1. The Morgan fingerprint density at radius 3 is 2.00 bits per heavy atom. The first-order valence-corrected chi connectivity index (χ1v) is 7.96. The number of nitrogens with zero attached hydrogens (tertiary/aromatic N) is 1. The van der Waals surface area contributed by atoms with Crippen molar-refractivity contribution in [2.24, 2.45) is 0 Å². The van der Waals surface area contributed by atoms with Crippen LogP contribution in [0, 0.1) is 0 Å². The van der Waals surface area contributed by atoms with Gasteiger partial charge in [-0.15, -0.1) is 0 Å². The number of likely N-dealkylation sites (N-methyl/N-ethyl adjacent to an activating group) is 1. The van der Waals surface area contributed by atoms with Gasteiger partial charge in [-0.1, -0.05) is 58.0 Å². The Kier molecular flexibility index (Phi) is 6.94. The zero-order chi connectivity index (χ0) is 15.0. The molecule has 1 aromatic rings. The summed E-state index contributed by atoms with van der Waals surface area (Å²) in [6.07, 6.45) is 3.29. The number of rotatable bonds is 9. The molecule has 20 heavy (non-hydrogen) atoms. The molecule has 1 rings (SSSR count). The first-order chi connectivity index (χ1) is 9.64. The van der Waals surface area contributed by atoms with Crippen molar-refractivity contribution in [1.29, 1.82) is 0 Å². The summed E-state index contributed by atoms with van der Waals surface area (Å²) in [6.45, 7) is 10.5. The lowest BCUT2D eigenvalue weighted by molar-refractivity contribution is -0.132. The van der Waals surface area contributed by atoms with E-state index in [1.165, 1.54) is 5.56 Å². The highest BCUT2D eigenvalue weighted by Crippen LogP contribution is 2.27. The lowest BCUT2D eigenvalue weighted by atomic mass is 9.83. The molecule has 0 aromatic heterocycles.